The second-order valence-electron chi connectivity index (χ2n) is 4.64. The third-order valence-electron chi connectivity index (χ3n) is 2.56. The van der Waals surface area contributed by atoms with Crippen molar-refractivity contribution in [3.63, 3.8) is 0 Å². The number of carbonyl (C=O) groups is 1. The lowest BCUT2D eigenvalue weighted by Crippen LogP contribution is -2.38. The van der Waals surface area contributed by atoms with Crippen molar-refractivity contribution in [2.45, 2.75) is 33.1 Å². The molecule has 1 aromatic carbocycles. The van der Waals surface area contributed by atoms with E-state index in [9.17, 15) is 4.79 Å². The molecule has 0 saturated carbocycles. The average Bonchev–Trinajstić information content (AvgIpc) is 2.33. The van der Waals surface area contributed by atoms with Gasteiger partial charge in [-0.2, -0.15) is 0 Å². The van der Waals surface area contributed by atoms with Crippen molar-refractivity contribution in [1.29, 1.82) is 0 Å². The molecule has 0 atom stereocenters. The van der Waals surface area contributed by atoms with E-state index in [0.717, 1.165) is 19.4 Å². The normalized spacial score (nSPS) is 10.5. The standard InChI is InChI=1S/C14H22N2O/c1-12(2)8-9-14(17)16-15-11-10-13-6-4-3-5-7-13/h3-7,12,15H,8-11H2,1-2H3,(H,16,17). The Hall–Kier alpha value is -1.35. The molecule has 0 spiro atoms. The number of nitrogens with one attached hydrogen (secondary N) is 2. The van der Waals surface area contributed by atoms with Crippen molar-refractivity contribution in [3.8, 4) is 0 Å². The molecule has 0 heterocycles. The highest BCUT2D eigenvalue weighted by Gasteiger charge is 2.01. The highest BCUT2D eigenvalue weighted by Crippen LogP contribution is 2.02. The van der Waals surface area contributed by atoms with Gasteiger partial charge in [0.2, 0.25) is 5.91 Å². The van der Waals surface area contributed by atoms with Gasteiger partial charge in [0.1, 0.15) is 0 Å². The van der Waals surface area contributed by atoms with Crippen LogP contribution in [0, 0.1) is 5.92 Å². The molecular formula is C14H22N2O. The smallest absolute Gasteiger partial charge is 0.234 e. The number of benzene rings is 1. The molecule has 3 nitrogen and oxygen atoms in total. The lowest BCUT2D eigenvalue weighted by molar-refractivity contribution is -0.122. The summed E-state index contributed by atoms with van der Waals surface area (Å²) < 4.78 is 0. The molecule has 3 heteroatoms. The van der Waals surface area contributed by atoms with E-state index in [1.807, 2.05) is 18.2 Å². The van der Waals surface area contributed by atoms with E-state index in [1.54, 1.807) is 0 Å². The number of carbonyl (C=O) groups excluding carboxylic acids is 1. The third kappa shape index (κ3) is 6.74. The Balaban J connectivity index is 2.06. The highest BCUT2D eigenvalue weighted by atomic mass is 16.2. The summed E-state index contributed by atoms with van der Waals surface area (Å²) >= 11 is 0. The number of hydrazine groups is 1. The fourth-order valence-corrected chi connectivity index (χ4v) is 1.49. The molecule has 0 aliphatic rings. The van der Waals surface area contributed by atoms with Gasteiger partial charge in [-0.05, 0) is 24.3 Å². The third-order valence-corrected chi connectivity index (χ3v) is 2.56. The molecule has 2 N–H and O–H groups in total. The first-order valence-electron chi connectivity index (χ1n) is 6.24. The topological polar surface area (TPSA) is 41.1 Å². The number of amides is 1. The molecule has 0 aliphatic carbocycles. The Morgan fingerprint density at radius 1 is 1.24 bits per heavy atom. The van der Waals surface area contributed by atoms with Gasteiger partial charge in [0, 0.05) is 13.0 Å². The van der Waals surface area contributed by atoms with Crippen LogP contribution in [-0.2, 0) is 11.2 Å². The maximum Gasteiger partial charge on any atom is 0.234 e. The van der Waals surface area contributed by atoms with Gasteiger partial charge < -0.3 is 0 Å². The van der Waals surface area contributed by atoms with Crippen LogP contribution in [0.3, 0.4) is 0 Å². The molecule has 94 valence electrons. The molecular weight excluding hydrogens is 212 g/mol. The van der Waals surface area contributed by atoms with E-state index in [2.05, 4.69) is 36.8 Å². The molecule has 0 unspecified atom stereocenters. The van der Waals surface area contributed by atoms with Crippen LogP contribution in [0.1, 0.15) is 32.3 Å². The van der Waals surface area contributed by atoms with Crippen molar-refractivity contribution >= 4 is 5.91 Å². The largest absolute Gasteiger partial charge is 0.292 e. The quantitative estimate of drug-likeness (QED) is 0.561. The Morgan fingerprint density at radius 2 is 1.94 bits per heavy atom. The summed E-state index contributed by atoms with van der Waals surface area (Å²) in [5.74, 6) is 0.650. The minimum atomic E-state index is 0.0757. The van der Waals surface area contributed by atoms with Gasteiger partial charge in [0.25, 0.3) is 0 Å². The van der Waals surface area contributed by atoms with Crippen LogP contribution in [0.25, 0.3) is 0 Å². The maximum atomic E-state index is 11.4. The molecule has 0 aromatic heterocycles. The van der Waals surface area contributed by atoms with Crippen molar-refractivity contribution in [3.05, 3.63) is 35.9 Å². The first kappa shape index (κ1) is 13.7. The van der Waals surface area contributed by atoms with Crippen molar-refractivity contribution in [2.24, 2.45) is 5.92 Å². The predicted octanol–water partition coefficient (Wildman–Crippen LogP) is 2.29. The molecule has 0 aliphatic heterocycles. The molecule has 0 radical (unpaired) electrons. The summed E-state index contributed by atoms with van der Waals surface area (Å²) in [6.07, 6.45) is 2.45. The minimum absolute atomic E-state index is 0.0757. The van der Waals surface area contributed by atoms with Crippen LogP contribution in [0.2, 0.25) is 0 Å². The van der Waals surface area contributed by atoms with E-state index in [0.29, 0.717) is 12.3 Å². The molecule has 0 bridgehead atoms. The van der Waals surface area contributed by atoms with Gasteiger partial charge in [-0.15, -0.1) is 0 Å². The second-order valence-corrected chi connectivity index (χ2v) is 4.64. The van der Waals surface area contributed by atoms with Crippen LogP contribution < -0.4 is 10.9 Å². The summed E-state index contributed by atoms with van der Waals surface area (Å²) in [6, 6.07) is 10.2. The molecule has 1 amide bonds. The number of hydrogen-bond acceptors (Lipinski definition) is 2. The second kappa shape index (κ2) is 7.85. The summed E-state index contributed by atoms with van der Waals surface area (Å²) in [4.78, 5) is 11.4. The average molecular weight is 234 g/mol. The first-order valence-corrected chi connectivity index (χ1v) is 6.24. The fraction of sp³-hybridized carbons (Fsp3) is 0.500. The fourth-order valence-electron chi connectivity index (χ4n) is 1.49. The molecule has 17 heavy (non-hydrogen) atoms. The number of rotatable bonds is 7. The van der Waals surface area contributed by atoms with E-state index in [1.165, 1.54) is 5.56 Å². The predicted molar refractivity (Wildman–Crippen MR) is 70.4 cm³/mol. The molecule has 0 fully saturated rings. The van der Waals surface area contributed by atoms with Gasteiger partial charge >= 0.3 is 0 Å². The van der Waals surface area contributed by atoms with Crippen molar-refractivity contribution in [2.75, 3.05) is 6.54 Å². The van der Waals surface area contributed by atoms with Crippen molar-refractivity contribution in [1.82, 2.24) is 10.9 Å². The Bertz CT molecular complexity index is 322. The van der Waals surface area contributed by atoms with E-state index >= 15 is 0 Å². The minimum Gasteiger partial charge on any atom is -0.292 e. The Kier molecular flexibility index (Phi) is 6.33. The monoisotopic (exact) mass is 234 g/mol. The Labute approximate surface area is 104 Å². The van der Waals surface area contributed by atoms with Crippen molar-refractivity contribution < 1.29 is 4.79 Å². The maximum absolute atomic E-state index is 11.4. The van der Waals surface area contributed by atoms with Gasteiger partial charge in [0.05, 0.1) is 0 Å². The summed E-state index contributed by atoms with van der Waals surface area (Å²) in [7, 11) is 0. The first-order chi connectivity index (χ1) is 8.18. The summed E-state index contributed by atoms with van der Waals surface area (Å²) in [5.41, 5.74) is 6.95. The molecule has 1 rings (SSSR count). The van der Waals surface area contributed by atoms with Crippen LogP contribution >= 0.6 is 0 Å². The summed E-state index contributed by atoms with van der Waals surface area (Å²) in [5, 5.41) is 0. The van der Waals surface area contributed by atoms with Gasteiger partial charge in [-0.25, -0.2) is 5.43 Å². The molecule has 0 saturated heterocycles. The van der Waals surface area contributed by atoms with Gasteiger partial charge in [-0.3, -0.25) is 10.2 Å². The lowest BCUT2D eigenvalue weighted by Gasteiger charge is -2.08. The molecule has 1 aromatic rings. The van der Waals surface area contributed by atoms with Gasteiger partial charge in [0.15, 0.2) is 0 Å². The highest BCUT2D eigenvalue weighted by molar-refractivity contribution is 5.75. The van der Waals surface area contributed by atoms with Gasteiger partial charge in [-0.1, -0.05) is 44.2 Å². The lowest BCUT2D eigenvalue weighted by atomic mass is 10.1. The zero-order chi connectivity index (χ0) is 12.5. The SMILES string of the molecule is CC(C)CCC(=O)NNCCc1ccccc1. The van der Waals surface area contributed by atoms with Crippen LogP contribution in [0.4, 0.5) is 0 Å². The van der Waals surface area contributed by atoms with E-state index in [4.69, 9.17) is 0 Å². The zero-order valence-electron chi connectivity index (χ0n) is 10.7. The van der Waals surface area contributed by atoms with E-state index in [-0.39, 0.29) is 5.91 Å². The van der Waals surface area contributed by atoms with Crippen LogP contribution in [0.15, 0.2) is 30.3 Å². The summed E-state index contributed by atoms with van der Waals surface area (Å²) in [6.45, 7) is 5.00. The number of hydrogen-bond donors (Lipinski definition) is 2. The van der Waals surface area contributed by atoms with E-state index < -0.39 is 0 Å². The van der Waals surface area contributed by atoms with Crippen LogP contribution in [-0.4, -0.2) is 12.5 Å². The Morgan fingerprint density at radius 3 is 2.59 bits per heavy atom. The zero-order valence-corrected chi connectivity index (χ0v) is 10.7. The van der Waals surface area contributed by atoms with Crippen LogP contribution in [0.5, 0.6) is 0 Å².